The van der Waals surface area contributed by atoms with E-state index in [9.17, 15) is 0 Å². The Balaban J connectivity index is 2.43. The molecule has 2 rings (SSSR count). The predicted octanol–water partition coefficient (Wildman–Crippen LogP) is 1.72. The first kappa shape index (κ1) is 9.57. The van der Waals surface area contributed by atoms with Crippen molar-refractivity contribution in [2.45, 2.75) is 0 Å². The molecule has 0 spiro atoms. The van der Waals surface area contributed by atoms with Crippen molar-refractivity contribution in [3.8, 4) is 0 Å². The fourth-order valence-corrected chi connectivity index (χ4v) is 2.23. The minimum atomic E-state index is 0.573. The van der Waals surface area contributed by atoms with E-state index in [1.165, 1.54) is 0 Å². The van der Waals surface area contributed by atoms with Gasteiger partial charge in [0.15, 0.2) is 0 Å². The van der Waals surface area contributed by atoms with Crippen molar-refractivity contribution in [3.63, 3.8) is 0 Å². The normalized spacial score (nSPS) is 10.6. The average Bonchev–Trinajstić information content (AvgIpc) is 2.63. The van der Waals surface area contributed by atoms with Gasteiger partial charge in [0.25, 0.3) is 0 Å². The molecule has 0 saturated carbocycles. The van der Waals surface area contributed by atoms with Crippen LogP contribution in [0.5, 0.6) is 0 Å². The molecule has 6 heteroatoms. The molecule has 0 saturated heterocycles. The third-order valence-electron chi connectivity index (χ3n) is 1.76. The summed E-state index contributed by atoms with van der Waals surface area (Å²) < 4.78 is 1.66. The first-order chi connectivity index (χ1) is 6.81. The van der Waals surface area contributed by atoms with Gasteiger partial charge < -0.3 is 16.0 Å². The van der Waals surface area contributed by atoms with Crippen LogP contribution in [0.4, 0.5) is 5.95 Å². The van der Waals surface area contributed by atoms with Gasteiger partial charge in [0, 0.05) is 13.1 Å². The van der Waals surface area contributed by atoms with E-state index in [0.717, 1.165) is 10.2 Å². The summed E-state index contributed by atoms with van der Waals surface area (Å²) in [7, 11) is 0. The van der Waals surface area contributed by atoms with Crippen molar-refractivity contribution in [3.05, 3.63) is 16.1 Å². The highest BCUT2D eigenvalue weighted by atomic mass is 32.1. The molecule has 74 valence electrons. The zero-order chi connectivity index (χ0) is 9.97. The molecule has 14 heavy (non-hydrogen) atoms. The molecule has 2 aromatic heterocycles. The van der Waals surface area contributed by atoms with Gasteiger partial charge in [0.2, 0.25) is 5.95 Å². The van der Waals surface area contributed by atoms with Crippen molar-refractivity contribution in [1.29, 1.82) is 0 Å². The average molecular weight is 226 g/mol. The van der Waals surface area contributed by atoms with E-state index in [0.29, 0.717) is 23.7 Å². The predicted molar refractivity (Wildman–Crippen MR) is 62.3 cm³/mol. The number of anilines is 1. The number of aromatic nitrogens is 2. The summed E-state index contributed by atoms with van der Waals surface area (Å²) in [6.45, 7) is 1.26. The Hall–Kier alpha value is -0.980. The third kappa shape index (κ3) is 1.77. The van der Waals surface area contributed by atoms with Crippen molar-refractivity contribution >= 4 is 39.7 Å². The lowest BCUT2D eigenvalue weighted by atomic mass is 10.5. The summed E-state index contributed by atoms with van der Waals surface area (Å²) in [4.78, 5) is 7.36. The smallest absolute Gasteiger partial charge is 0.202 e. The lowest BCUT2D eigenvalue weighted by molar-refractivity contribution is 0.995. The van der Waals surface area contributed by atoms with Crippen molar-refractivity contribution in [1.82, 2.24) is 9.97 Å². The maximum absolute atomic E-state index is 5.38. The molecular formula is C8H10N4S2. The Morgan fingerprint density at radius 1 is 1.64 bits per heavy atom. The van der Waals surface area contributed by atoms with E-state index >= 15 is 0 Å². The number of aromatic amines is 1. The second kappa shape index (κ2) is 4.04. The molecule has 4 nitrogen and oxygen atoms in total. The molecule has 0 aliphatic carbocycles. The number of nitrogens with two attached hydrogens (primary N) is 1. The summed E-state index contributed by atoms with van der Waals surface area (Å²) in [6, 6.07) is 1.99. The van der Waals surface area contributed by atoms with Gasteiger partial charge in [-0.25, -0.2) is 4.98 Å². The van der Waals surface area contributed by atoms with Gasteiger partial charge in [-0.05, 0) is 11.4 Å². The molecule has 0 atom stereocenters. The van der Waals surface area contributed by atoms with Crippen LogP contribution in [0.15, 0.2) is 11.4 Å². The molecule has 0 amide bonds. The molecule has 0 fully saturated rings. The molecule has 4 N–H and O–H groups in total. The lowest BCUT2D eigenvalue weighted by Gasteiger charge is -2.03. The Morgan fingerprint density at radius 2 is 2.50 bits per heavy atom. The standard InChI is InChI=1S/C8H10N4S2/c9-2-3-10-8-11-5-1-4-14-6(5)7(13)12-8/h1,4H,2-3,9H2,(H2,10,11,12,13). The van der Waals surface area contributed by atoms with Crippen molar-refractivity contribution in [2.75, 3.05) is 18.4 Å². The summed E-state index contributed by atoms with van der Waals surface area (Å²) in [5, 5.41) is 5.05. The zero-order valence-corrected chi connectivity index (χ0v) is 9.04. The van der Waals surface area contributed by atoms with E-state index in [1.807, 2.05) is 11.4 Å². The van der Waals surface area contributed by atoms with Gasteiger partial charge >= 0.3 is 0 Å². The SMILES string of the molecule is NCCNc1nc(=S)c2sccc2[nH]1. The zero-order valence-electron chi connectivity index (χ0n) is 7.41. The highest BCUT2D eigenvalue weighted by Crippen LogP contribution is 2.20. The van der Waals surface area contributed by atoms with Crippen LogP contribution in [0.2, 0.25) is 0 Å². The molecule has 0 aliphatic heterocycles. The Bertz CT molecular complexity index is 487. The maximum atomic E-state index is 5.38. The summed E-state index contributed by atoms with van der Waals surface area (Å²) in [5.74, 6) is 0.686. The van der Waals surface area contributed by atoms with Gasteiger partial charge in [-0.3, -0.25) is 0 Å². The molecule has 2 aromatic rings. The third-order valence-corrected chi connectivity index (χ3v) is 3.11. The number of nitrogens with zero attached hydrogens (tertiary/aromatic N) is 1. The van der Waals surface area contributed by atoms with Crippen LogP contribution in [0.3, 0.4) is 0 Å². The Kier molecular flexibility index (Phi) is 2.76. The molecule has 0 aliphatic rings. The van der Waals surface area contributed by atoms with Crippen molar-refractivity contribution < 1.29 is 0 Å². The fourth-order valence-electron chi connectivity index (χ4n) is 1.16. The summed E-state index contributed by atoms with van der Waals surface area (Å²) >= 11 is 6.75. The highest BCUT2D eigenvalue weighted by molar-refractivity contribution is 7.71. The minimum Gasteiger partial charge on any atom is -0.355 e. The summed E-state index contributed by atoms with van der Waals surface area (Å²) in [5.41, 5.74) is 6.40. The molecule has 2 heterocycles. The van der Waals surface area contributed by atoms with Crippen LogP contribution < -0.4 is 11.1 Å². The number of rotatable bonds is 3. The second-order valence-electron chi connectivity index (χ2n) is 2.77. The van der Waals surface area contributed by atoms with E-state index in [4.69, 9.17) is 18.0 Å². The molecule has 0 radical (unpaired) electrons. The van der Waals surface area contributed by atoms with E-state index < -0.39 is 0 Å². The quantitative estimate of drug-likeness (QED) is 0.697. The topological polar surface area (TPSA) is 66.7 Å². The monoisotopic (exact) mass is 226 g/mol. The number of H-pyrrole nitrogens is 1. The lowest BCUT2D eigenvalue weighted by Crippen LogP contribution is -2.14. The van der Waals surface area contributed by atoms with Crippen molar-refractivity contribution in [2.24, 2.45) is 5.73 Å². The largest absolute Gasteiger partial charge is 0.355 e. The molecule has 0 unspecified atom stereocenters. The number of nitrogens with one attached hydrogen (secondary N) is 2. The molecular weight excluding hydrogens is 216 g/mol. The highest BCUT2D eigenvalue weighted by Gasteiger charge is 2.00. The molecule has 0 aromatic carbocycles. The van der Waals surface area contributed by atoms with Gasteiger partial charge in [-0.2, -0.15) is 0 Å². The summed E-state index contributed by atoms with van der Waals surface area (Å²) in [6.07, 6.45) is 0. The van der Waals surface area contributed by atoms with Crippen LogP contribution in [-0.4, -0.2) is 23.1 Å². The molecule has 0 bridgehead atoms. The Morgan fingerprint density at radius 3 is 3.29 bits per heavy atom. The maximum Gasteiger partial charge on any atom is 0.202 e. The first-order valence-electron chi connectivity index (χ1n) is 4.22. The fraction of sp³-hybridized carbons (Fsp3) is 0.250. The van der Waals surface area contributed by atoms with E-state index in [-0.39, 0.29) is 0 Å². The van der Waals surface area contributed by atoms with Crippen LogP contribution in [0, 0.1) is 4.64 Å². The second-order valence-corrected chi connectivity index (χ2v) is 4.07. The van der Waals surface area contributed by atoms with Crippen LogP contribution in [-0.2, 0) is 0 Å². The van der Waals surface area contributed by atoms with E-state index in [1.54, 1.807) is 11.3 Å². The van der Waals surface area contributed by atoms with Gasteiger partial charge in [-0.15, -0.1) is 11.3 Å². The van der Waals surface area contributed by atoms with Crippen LogP contribution >= 0.6 is 23.6 Å². The van der Waals surface area contributed by atoms with Crippen LogP contribution in [0.1, 0.15) is 0 Å². The number of hydrogen-bond donors (Lipinski definition) is 3. The van der Waals surface area contributed by atoms with Gasteiger partial charge in [-0.1, -0.05) is 12.2 Å². The van der Waals surface area contributed by atoms with Crippen LogP contribution in [0.25, 0.3) is 10.2 Å². The van der Waals surface area contributed by atoms with Gasteiger partial charge in [0.1, 0.15) is 4.64 Å². The first-order valence-corrected chi connectivity index (χ1v) is 5.51. The minimum absolute atomic E-state index is 0.573. The van der Waals surface area contributed by atoms with E-state index in [2.05, 4.69) is 15.3 Å². The Labute approximate surface area is 90.2 Å². The number of fused-ring (bicyclic) bond motifs is 1. The number of hydrogen-bond acceptors (Lipinski definition) is 5. The van der Waals surface area contributed by atoms with Gasteiger partial charge in [0.05, 0.1) is 10.2 Å². The number of thiophene rings is 1.